The van der Waals surface area contributed by atoms with E-state index in [9.17, 15) is 0 Å². The molecule has 1 N–H and O–H groups in total. The minimum absolute atomic E-state index is 0.267. The Balaban J connectivity index is 2.19. The predicted octanol–water partition coefficient (Wildman–Crippen LogP) is 3.03. The van der Waals surface area contributed by atoms with Gasteiger partial charge >= 0.3 is 0 Å². The summed E-state index contributed by atoms with van der Waals surface area (Å²) in [5.41, 5.74) is 1.19. The number of hydrogen-bond donors (Lipinski definition) is 1. The van der Waals surface area contributed by atoms with Crippen molar-refractivity contribution in [1.29, 1.82) is 0 Å². The zero-order valence-electron chi connectivity index (χ0n) is 9.98. The molecular formula is C12H16ClN3S. The van der Waals surface area contributed by atoms with Gasteiger partial charge in [-0.3, -0.25) is 4.68 Å². The summed E-state index contributed by atoms with van der Waals surface area (Å²) in [5, 5.41) is 10.6. The molecule has 0 bridgehead atoms. The summed E-state index contributed by atoms with van der Waals surface area (Å²) < 4.78 is 1.91. The molecule has 1 unspecified atom stereocenters. The van der Waals surface area contributed by atoms with E-state index in [1.165, 1.54) is 10.6 Å². The molecule has 0 spiro atoms. The number of aryl methyl sites for hydroxylation is 1. The van der Waals surface area contributed by atoms with E-state index < -0.39 is 0 Å². The van der Waals surface area contributed by atoms with Crippen LogP contribution in [0, 0.1) is 0 Å². The van der Waals surface area contributed by atoms with Gasteiger partial charge in [0.1, 0.15) is 0 Å². The quantitative estimate of drug-likeness (QED) is 0.904. The van der Waals surface area contributed by atoms with Crippen LogP contribution in [-0.4, -0.2) is 16.3 Å². The topological polar surface area (TPSA) is 29.9 Å². The van der Waals surface area contributed by atoms with Crippen molar-refractivity contribution in [3.8, 4) is 0 Å². The van der Waals surface area contributed by atoms with Crippen molar-refractivity contribution < 1.29 is 0 Å². The maximum atomic E-state index is 6.15. The second-order valence-corrected chi connectivity index (χ2v) is 5.29. The van der Waals surface area contributed by atoms with Crippen LogP contribution in [0.15, 0.2) is 23.7 Å². The largest absolute Gasteiger partial charge is 0.309 e. The molecule has 2 rings (SSSR count). The summed E-state index contributed by atoms with van der Waals surface area (Å²) in [7, 11) is 1.97. The van der Waals surface area contributed by atoms with Crippen LogP contribution in [-0.2, 0) is 13.5 Å². The third-order valence-corrected chi connectivity index (χ3v) is 4.16. The fourth-order valence-corrected chi connectivity index (χ4v) is 3.07. The Bertz CT molecular complexity index is 478. The standard InChI is InChI=1S/C12H16ClN3S/c1-3-14-10(11-4-6-15-16(11)2)8-12-9(13)5-7-17-12/h4-7,10,14H,3,8H2,1-2H3. The smallest absolute Gasteiger partial charge is 0.0553 e. The van der Waals surface area contributed by atoms with Gasteiger partial charge in [0.2, 0.25) is 0 Å². The third-order valence-electron chi connectivity index (χ3n) is 2.75. The molecule has 0 radical (unpaired) electrons. The van der Waals surface area contributed by atoms with Crippen LogP contribution in [0.25, 0.3) is 0 Å². The normalized spacial score (nSPS) is 12.9. The number of rotatable bonds is 5. The van der Waals surface area contributed by atoms with Crippen LogP contribution in [0.1, 0.15) is 23.5 Å². The minimum atomic E-state index is 0.267. The highest BCUT2D eigenvalue weighted by molar-refractivity contribution is 7.10. The van der Waals surface area contributed by atoms with Crippen LogP contribution in [0.5, 0.6) is 0 Å². The lowest BCUT2D eigenvalue weighted by Gasteiger charge is -2.17. The number of nitrogens with zero attached hydrogens (tertiary/aromatic N) is 2. The lowest BCUT2D eigenvalue weighted by molar-refractivity contribution is 0.510. The average molecular weight is 270 g/mol. The van der Waals surface area contributed by atoms with E-state index in [4.69, 9.17) is 11.6 Å². The molecule has 2 aromatic rings. The highest BCUT2D eigenvalue weighted by Gasteiger charge is 2.16. The van der Waals surface area contributed by atoms with Gasteiger partial charge in [0, 0.05) is 24.5 Å². The summed E-state index contributed by atoms with van der Waals surface area (Å²) in [6.07, 6.45) is 2.74. The second-order valence-electron chi connectivity index (χ2n) is 3.89. The van der Waals surface area contributed by atoms with Gasteiger partial charge in [-0.05, 0) is 24.1 Å². The van der Waals surface area contributed by atoms with Crippen molar-refractivity contribution in [2.75, 3.05) is 6.54 Å². The van der Waals surface area contributed by atoms with Crippen molar-refractivity contribution in [2.24, 2.45) is 7.05 Å². The fraction of sp³-hybridized carbons (Fsp3) is 0.417. The van der Waals surface area contributed by atoms with Gasteiger partial charge in [0.05, 0.1) is 16.8 Å². The predicted molar refractivity (Wildman–Crippen MR) is 72.7 cm³/mol. The first-order valence-electron chi connectivity index (χ1n) is 5.65. The maximum absolute atomic E-state index is 6.15. The van der Waals surface area contributed by atoms with Crippen LogP contribution in [0.3, 0.4) is 0 Å². The van der Waals surface area contributed by atoms with Crippen molar-refractivity contribution in [3.63, 3.8) is 0 Å². The molecular weight excluding hydrogens is 254 g/mol. The van der Waals surface area contributed by atoms with Gasteiger partial charge in [0.25, 0.3) is 0 Å². The molecule has 0 aliphatic heterocycles. The van der Waals surface area contributed by atoms with E-state index in [1.807, 2.05) is 29.4 Å². The molecule has 92 valence electrons. The Kier molecular flexibility index (Phi) is 4.20. The number of hydrogen-bond acceptors (Lipinski definition) is 3. The zero-order valence-corrected chi connectivity index (χ0v) is 11.6. The average Bonchev–Trinajstić information content (AvgIpc) is 2.88. The van der Waals surface area contributed by atoms with Crippen molar-refractivity contribution in [1.82, 2.24) is 15.1 Å². The van der Waals surface area contributed by atoms with Gasteiger partial charge in [-0.2, -0.15) is 5.10 Å². The Morgan fingerprint density at radius 2 is 2.35 bits per heavy atom. The third kappa shape index (κ3) is 2.89. The number of halogens is 1. The Labute approximate surface area is 110 Å². The Morgan fingerprint density at radius 1 is 1.53 bits per heavy atom. The van der Waals surface area contributed by atoms with E-state index in [1.54, 1.807) is 11.3 Å². The molecule has 0 aliphatic carbocycles. The first-order valence-corrected chi connectivity index (χ1v) is 6.91. The van der Waals surface area contributed by atoms with Crippen LogP contribution >= 0.6 is 22.9 Å². The number of thiophene rings is 1. The number of likely N-dealkylation sites (N-methyl/N-ethyl adjacent to an activating group) is 1. The van der Waals surface area contributed by atoms with Gasteiger partial charge in [0.15, 0.2) is 0 Å². The Morgan fingerprint density at radius 3 is 2.88 bits per heavy atom. The monoisotopic (exact) mass is 269 g/mol. The second kappa shape index (κ2) is 5.67. The summed E-state index contributed by atoms with van der Waals surface area (Å²) in [5.74, 6) is 0. The van der Waals surface area contributed by atoms with Crippen molar-refractivity contribution >= 4 is 22.9 Å². The molecule has 17 heavy (non-hydrogen) atoms. The minimum Gasteiger partial charge on any atom is -0.309 e. The van der Waals surface area contributed by atoms with E-state index >= 15 is 0 Å². The van der Waals surface area contributed by atoms with E-state index in [0.717, 1.165) is 18.0 Å². The van der Waals surface area contributed by atoms with E-state index in [2.05, 4.69) is 23.4 Å². The first-order chi connectivity index (χ1) is 8.22. The molecule has 2 aromatic heterocycles. The molecule has 0 amide bonds. The maximum Gasteiger partial charge on any atom is 0.0553 e. The van der Waals surface area contributed by atoms with Gasteiger partial charge in [-0.15, -0.1) is 11.3 Å². The summed E-state index contributed by atoms with van der Waals surface area (Å²) in [6, 6.07) is 4.27. The van der Waals surface area contributed by atoms with Gasteiger partial charge in [-0.1, -0.05) is 18.5 Å². The lowest BCUT2D eigenvalue weighted by Crippen LogP contribution is -2.24. The van der Waals surface area contributed by atoms with Crippen LogP contribution in [0.2, 0.25) is 5.02 Å². The molecule has 5 heteroatoms. The van der Waals surface area contributed by atoms with Gasteiger partial charge in [-0.25, -0.2) is 0 Å². The molecule has 0 saturated heterocycles. The van der Waals surface area contributed by atoms with Crippen molar-refractivity contribution in [2.45, 2.75) is 19.4 Å². The van der Waals surface area contributed by atoms with Crippen LogP contribution < -0.4 is 5.32 Å². The molecule has 1 atom stereocenters. The lowest BCUT2D eigenvalue weighted by atomic mass is 10.1. The molecule has 0 aliphatic rings. The van der Waals surface area contributed by atoms with E-state index in [0.29, 0.717) is 0 Å². The summed E-state index contributed by atoms with van der Waals surface area (Å²) in [6.45, 7) is 3.04. The Hall–Kier alpha value is -0.840. The molecule has 0 fully saturated rings. The van der Waals surface area contributed by atoms with Crippen LogP contribution in [0.4, 0.5) is 0 Å². The molecule has 0 saturated carbocycles. The summed E-state index contributed by atoms with van der Waals surface area (Å²) >= 11 is 7.85. The van der Waals surface area contributed by atoms with Gasteiger partial charge < -0.3 is 5.32 Å². The zero-order chi connectivity index (χ0) is 12.3. The van der Waals surface area contributed by atoms with Crippen molar-refractivity contribution in [3.05, 3.63) is 39.3 Å². The number of nitrogens with one attached hydrogen (secondary N) is 1. The molecule has 0 aromatic carbocycles. The highest BCUT2D eigenvalue weighted by atomic mass is 35.5. The highest BCUT2D eigenvalue weighted by Crippen LogP contribution is 2.27. The van der Waals surface area contributed by atoms with E-state index in [-0.39, 0.29) is 6.04 Å². The summed E-state index contributed by atoms with van der Waals surface area (Å²) in [4.78, 5) is 1.22. The fourth-order valence-electron chi connectivity index (χ4n) is 1.91. The SMILES string of the molecule is CCNC(Cc1sccc1Cl)c1ccnn1C. The first kappa shape index (κ1) is 12.6. The molecule has 2 heterocycles. The molecule has 3 nitrogen and oxygen atoms in total. The number of aromatic nitrogens is 2.